The zero-order chi connectivity index (χ0) is 17.0. The molecule has 1 atom stereocenters. The molecule has 3 nitrogen and oxygen atoms in total. The summed E-state index contributed by atoms with van der Waals surface area (Å²) in [5, 5.41) is 2.47. The summed E-state index contributed by atoms with van der Waals surface area (Å²) in [5.74, 6) is -1.05. The second-order valence-electron chi connectivity index (χ2n) is 4.67. The van der Waals surface area contributed by atoms with Crippen LogP contribution in [-0.4, -0.2) is 18.3 Å². The molecule has 0 aliphatic heterocycles. The summed E-state index contributed by atoms with van der Waals surface area (Å²) in [6.45, 7) is 1.60. The largest absolute Gasteiger partial charge is 0.495 e. The Kier molecular flexibility index (Phi) is 5.85. The molecule has 122 valence electrons. The smallest absolute Gasteiger partial charge is 0.237 e. The van der Waals surface area contributed by atoms with Gasteiger partial charge in [0.05, 0.1) is 18.0 Å². The lowest BCUT2D eigenvalue weighted by Crippen LogP contribution is -2.22. The van der Waals surface area contributed by atoms with Gasteiger partial charge in [0.2, 0.25) is 5.91 Å². The number of thioether (sulfide) groups is 1. The molecule has 0 unspecified atom stereocenters. The molecule has 0 aromatic heterocycles. The van der Waals surface area contributed by atoms with E-state index in [0.717, 1.165) is 30.0 Å². The number of nitrogens with one attached hydrogen (secondary N) is 1. The third-order valence-electron chi connectivity index (χ3n) is 2.99. The summed E-state index contributed by atoms with van der Waals surface area (Å²) < 4.78 is 32.0. The van der Waals surface area contributed by atoms with Gasteiger partial charge in [-0.2, -0.15) is 0 Å². The van der Waals surface area contributed by atoms with Crippen LogP contribution in [0.5, 0.6) is 5.75 Å². The minimum Gasteiger partial charge on any atom is -0.495 e. The molecule has 1 N–H and O–H groups in total. The van der Waals surface area contributed by atoms with Crippen LogP contribution in [0.2, 0.25) is 5.02 Å². The van der Waals surface area contributed by atoms with Crippen molar-refractivity contribution >= 4 is 35.0 Å². The molecule has 0 fully saturated rings. The SMILES string of the molecule is COc1ccc(Cl)cc1NC(=O)[C@@H](C)Sc1cc(F)ccc1F. The third-order valence-corrected chi connectivity index (χ3v) is 4.36. The molecular formula is C16H14ClF2NO2S. The van der Waals surface area contributed by atoms with E-state index >= 15 is 0 Å². The van der Waals surface area contributed by atoms with Crippen molar-refractivity contribution in [1.29, 1.82) is 0 Å². The molecule has 0 saturated heterocycles. The van der Waals surface area contributed by atoms with Gasteiger partial charge in [-0.3, -0.25) is 4.79 Å². The number of methoxy groups -OCH3 is 1. The Bertz CT molecular complexity index is 727. The van der Waals surface area contributed by atoms with E-state index in [1.807, 2.05) is 0 Å². The van der Waals surface area contributed by atoms with E-state index in [4.69, 9.17) is 16.3 Å². The highest BCUT2D eigenvalue weighted by atomic mass is 35.5. The predicted octanol–water partition coefficient (Wildman–Crippen LogP) is 4.75. The van der Waals surface area contributed by atoms with Crippen molar-refractivity contribution in [2.75, 3.05) is 12.4 Å². The Hall–Kier alpha value is -1.79. The lowest BCUT2D eigenvalue weighted by molar-refractivity contribution is -0.115. The molecule has 2 aromatic rings. The van der Waals surface area contributed by atoms with E-state index < -0.39 is 16.9 Å². The van der Waals surface area contributed by atoms with Crippen LogP contribution in [0.15, 0.2) is 41.3 Å². The van der Waals surface area contributed by atoms with Gasteiger partial charge < -0.3 is 10.1 Å². The molecule has 2 aromatic carbocycles. The highest BCUT2D eigenvalue weighted by Gasteiger charge is 2.18. The first-order valence-electron chi connectivity index (χ1n) is 6.67. The van der Waals surface area contributed by atoms with Gasteiger partial charge >= 0.3 is 0 Å². The molecule has 7 heteroatoms. The van der Waals surface area contributed by atoms with Crippen LogP contribution < -0.4 is 10.1 Å². The Morgan fingerprint density at radius 1 is 1.26 bits per heavy atom. The molecular weight excluding hydrogens is 344 g/mol. The topological polar surface area (TPSA) is 38.3 Å². The van der Waals surface area contributed by atoms with Crippen LogP contribution in [0.1, 0.15) is 6.92 Å². The summed E-state index contributed by atoms with van der Waals surface area (Å²) in [6.07, 6.45) is 0. The summed E-state index contributed by atoms with van der Waals surface area (Å²) in [7, 11) is 1.47. The number of carbonyl (C=O) groups is 1. The van der Waals surface area contributed by atoms with Gasteiger partial charge in [-0.25, -0.2) is 8.78 Å². The molecule has 0 radical (unpaired) electrons. The van der Waals surface area contributed by atoms with E-state index in [0.29, 0.717) is 16.5 Å². The van der Waals surface area contributed by atoms with Gasteiger partial charge in [-0.05, 0) is 43.3 Å². The summed E-state index contributed by atoms with van der Waals surface area (Å²) in [6, 6.07) is 7.93. The average Bonchev–Trinajstić information content (AvgIpc) is 2.51. The Balaban J connectivity index is 2.11. The molecule has 0 aliphatic carbocycles. The normalized spacial score (nSPS) is 11.9. The summed E-state index contributed by atoms with van der Waals surface area (Å²) >= 11 is 6.83. The van der Waals surface area contributed by atoms with E-state index in [2.05, 4.69) is 5.32 Å². The van der Waals surface area contributed by atoms with Gasteiger partial charge in [-0.15, -0.1) is 11.8 Å². The van der Waals surface area contributed by atoms with Gasteiger partial charge in [0, 0.05) is 9.92 Å². The van der Waals surface area contributed by atoms with Crippen LogP contribution in [0.25, 0.3) is 0 Å². The highest BCUT2D eigenvalue weighted by molar-refractivity contribution is 8.00. The van der Waals surface area contributed by atoms with Gasteiger partial charge in [-0.1, -0.05) is 11.6 Å². The fraction of sp³-hybridized carbons (Fsp3) is 0.188. The van der Waals surface area contributed by atoms with Crippen LogP contribution in [0.3, 0.4) is 0 Å². The van der Waals surface area contributed by atoms with E-state index in [-0.39, 0.29) is 10.8 Å². The number of hydrogen-bond donors (Lipinski definition) is 1. The van der Waals surface area contributed by atoms with E-state index in [1.165, 1.54) is 7.11 Å². The predicted molar refractivity (Wildman–Crippen MR) is 88.3 cm³/mol. The summed E-state index contributed by atoms with van der Waals surface area (Å²) in [5.41, 5.74) is 0.414. The van der Waals surface area contributed by atoms with Crippen molar-refractivity contribution in [3.05, 3.63) is 53.1 Å². The van der Waals surface area contributed by atoms with Crippen LogP contribution >= 0.6 is 23.4 Å². The van der Waals surface area contributed by atoms with Gasteiger partial charge in [0.15, 0.2) is 0 Å². The maximum absolute atomic E-state index is 13.6. The van der Waals surface area contributed by atoms with Crippen LogP contribution in [0, 0.1) is 11.6 Å². The number of carbonyl (C=O) groups excluding carboxylic acids is 1. The molecule has 0 spiro atoms. The monoisotopic (exact) mass is 357 g/mol. The molecule has 2 rings (SSSR count). The Morgan fingerprint density at radius 2 is 2.00 bits per heavy atom. The molecule has 23 heavy (non-hydrogen) atoms. The zero-order valence-corrected chi connectivity index (χ0v) is 14.0. The van der Waals surface area contributed by atoms with E-state index in [1.54, 1.807) is 25.1 Å². The number of hydrogen-bond acceptors (Lipinski definition) is 3. The first-order chi connectivity index (χ1) is 10.9. The van der Waals surface area contributed by atoms with E-state index in [9.17, 15) is 13.6 Å². The molecule has 0 saturated carbocycles. The fourth-order valence-electron chi connectivity index (χ4n) is 1.82. The maximum atomic E-state index is 13.6. The average molecular weight is 358 g/mol. The second kappa shape index (κ2) is 7.66. The minimum atomic E-state index is -0.644. The van der Waals surface area contributed by atoms with Crippen LogP contribution in [-0.2, 0) is 4.79 Å². The van der Waals surface area contributed by atoms with Crippen molar-refractivity contribution < 1.29 is 18.3 Å². The third kappa shape index (κ3) is 4.59. The van der Waals surface area contributed by atoms with Crippen molar-refractivity contribution in [1.82, 2.24) is 0 Å². The van der Waals surface area contributed by atoms with Gasteiger partial charge in [0.25, 0.3) is 0 Å². The number of amides is 1. The lowest BCUT2D eigenvalue weighted by atomic mass is 10.3. The van der Waals surface area contributed by atoms with Crippen molar-refractivity contribution in [2.24, 2.45) is 0 Å². The first kappa shape index (κ1) is 17.6. The van der Waals surface area contributed by atoms with Crippen molar-refractivity contribution in [3.8, 4) is 5.75 Å². The lowest BCUT2D eigenvalue weighted by Gasteiger charge is -2.14. The Morgan fingerprint density at radius 3 is 2.70 bits per heavy atom. The quantitative estimate of drug-likeness (QED) is 0.785. The molecule has 1 amide bonds. The highest BCUT2D eigenvalue weighted by Crippen LogP contribution is 2.30. The van der Waals surface area contributed by atoms with Gasteiger partial charge in [0.1, 0.15) is 17.4 Å². The van der Waals surface area contributed by atoms with Crippen molar-refractivity contribution in [3.63, 3.8) is 0 Å². The Labute approximate surface area is 142 Å². The minimum absolute atomic E-state index is 0.0747. The fourth-order valence-corrected chi connectivity index (χ4v) is 2.90. The second-order valence-corrected chi connectivity index (χ2v) is 6.49. The first-order valence-corrected chi connectivity index (χ1v) is 7.92. The molecule has 0 heterocycles. The van der Waals surface area contributed by atoms with Crippen molar-refractivity contribution in [2.45, 2.75) is 17.1 Å². The summed E-state index contributed by atoms with van der Waals surface area (Å²) in [4.78, 5) is 12.3. The molecule has 0 aliphatic rings. The van der Waals surface area contributed by atoms with Crippen LogP contribution in [0.4, 0.5) is 14.5 Å². The maximum Gasteiger partial charge on any atom is 0.237 e. The number of benzene rings is 2. The standard InChI is InChI=1S/C16H14ClF2NO2S/c1-9(23-15-8-11(18)4-5-12(15)19)16(21)20-13-7-10(17)3-6-14(13)22-2/h3-9H,1-2H3,(H,20,21)/t9-/m1/s1. The number of ether oxygens (including phenoxy) is 1. The number of anilines is 1. The number of rotatable bonds is 5. The zero-order valence-electron chi connectivity index (χ0n) is 12.4. The molecule has 0 bridgehead atoms. The number of halogens is 3.